The third-order valence-corrected chi connectivity index (χ3v) is 2.45. The second kappa shape index (κ2) is 4.28. The molecule has 0 spiro atoms. The molecule has 0 radical (unpaired) electrons. The highest BCUT2D eigenvalue weighted by Crippen LogP contribution is 2.26. The van der Waals surface area contributed by atoms with Crippen LogP contribution in [0.3, 0.4) is 0 Å². The van der Waals surface area contributed by atoms with Crippen molar-refractivity contribution in [3.8, 4) is 0 Å². The summed E-state index contributed by atoms with van der Waals surface area (Å²) < 4.78 is 5.26. The van der Waals surface area contributed by atoms with Crippen LogP contribution in [0.5, 0.6) is 0 Å². The molecule has 4 heteroatoms. The van der Waals surface area contributed by atoms with Crippen LogP contribution in [0.15, 0.2) is 23.2 Å². The summed E-state index contributed by atoms with van der Waals surface area (Å²) in [5, 5.41) is 0. The highest BCUT2D eigenvalue weighted by molar-refractivity contribution is 9.10. The summed E-state index contributed by atoms with van der Waals surface area (Å²) in [6, 6.07) is 3.42. The van der Waals surface area contributed by atoms with Gasteiger partial charge in [-0.3, -0.25) is 0 Å². The number of ether oxygens (including phenoxy) is 1. The number of nitrogens with two attached hydrogens (primary N) is 1. The minimum atomic E-state index is -0.452. The number of carbonyl (C=O) groups excluding carboxylic acids is 1. The van der Waals surface area contributed by atoms with E-state index < -0.39 is 5.97 Å². The van der Waals surface area contributed by atoms with E-state index in [9.17, 15) is 4.79 Å². The summed E-state index contributed by atoms with van der Waals surface area (Å²) in [7, 11) is 1.32. The fraction of sp³-hybridized carbons (Fsp3) is 0.100. The van der Waals surface area contributed by atoms with Crippen LogP contribution in [0.25, 0.3) is 6.08 Å². The van der Waals surface area contributed by atoms with Crippen molar-refractivity contribution in [2.45, 2.75) is 0 Å². The molecule has 0 saturated carbocycles. The van der Waals surface area contributed by atoms with Gasteiger partial charge in [0.15, 0.2) is 0 Å². The van der Waals surface area contributed by atoms with Gasteiger partial charge in [0.25, 0.3) is 0 Å². The molecule has 0 atom stereocenters. The molecular formula is C10H10BrNO2. The predicted octanol–water partition coefficient (Wildman–Crippen LogP) is 2.46. The van der Waals surface area contributed by atoms with Crippen molar-refractivity contribution in [1.82, 2.24) is 0 Å². The first-order chi connectivity index (χ1) is 6.60. The molecular weight excluding hydrogens is 246 g/mol. The van der Waals surface area contributed by atoms with Crippen LogP contribution < -0.4 is 5.73 Å². The molecule has 0 aromatic heterocycles. The topological polar surface area (TPSA) is 52.3 Å². The number of nitrogen functional groups attached to an aromatic ring is 1. The number of benzene rings is 1. The Morgan fingerprint density at radius 3 is 2.79 bits per heavy atom. The van der Waals surface area contributed by atoms with Crippen molar-refractivity contribution < 1.29 is 9.53 Å². The van der Waals surface area contributed by atoms with Crippen LogP contribution in [0.2, 0.25) is 0 Å². The molecule has 2 N–H and O–H groups in total. The highest BCUT2D eigenvalue weighted by atomic mass is 79.9. The smallest absolute Gasteiger partial charge is 0.340 e. The number of methoxy groups -OCH3 is 1. The minimum Gasteiger partial charge on any atom is -0.465 e. The lowest BCUT2D eigenvalue weighted by molar-refractivity contribution is 0.0602. The van der Waals surface area contributed by atoms with E-state index in [0.717, 1.165) is 5.56 Å². The van der Waals surface area contributed by atoms with E-state index in [2.05, 4.69) is 27.2 Å². The quantitative estimate of drug-likeness (QED) is 0.653. The first kappa shape index (κ1) is 10.8. The Labute approximate surface area is 90.7 Å². The van der Waals surface area contributed by atoms with Crippen molar-refractivity contribution in [3.63, 3.8) is 0 Å². The summed E-state index contributed by atoms with van der Waals surface area (Å²) >= 11 is 3.25. The van der Waals surface area contributed by atoms with Gasteiger partial charge in [0.2, 0.25) is 0 Å². The van der Waals surface area contributed by atoms with Gasteiger partial charge in [-0.15, -0.1) is 0 Å². The molecule has 0 fully saturated rings. The van der Waals surface area contributed by atoms with Gasteiger partial charge in [0.05, 0.1) is 18.4 Å². The first-order valence-electron chi connectivity index (χ1n) is 3.90. The summed E-state index contributed by atoms with van der Waals surface area (Å²) in [6.07, 6.45) is 1.64. The number of hydrogen-bond acceptors (Lipinski definition) is 3. The van der Waals surface area contributed by atoms with E-state index in [1.165, 1.54) is 7.11 Å². The number of anilines is 1. The maximum atomic E-state index is 11.3. The lowest BCUT2D eigenvalue weighted by atomic mass is 10.1. The van der Waals surface area contributed by atoms with E-state index in [1.54, 1.807) is 18.2 Å². The Morgan fingerprint density at radius 1 is 1.64 bits per heavy atom. The normalized spacial score (nSPS) is 9.57. The third-order valence-electron chi connectivity index (χ3n) is 1.79. The van der Waals surface area contributed by atoms with E-state index in [-0.39, 0.29) is 0 Å². The van der Waals surface area contributed by atoms with E-state index in [1.807, 2.05) is 0 Å². The Bertz CT molecular complexity index is 388. The Kier molecular flexibility index (Phi) is 3.30. The molecule has 0 saturated heterocycles. The molecule has 1 rings (SSSR count). The summed E-state index contributed by atoms with van der Waals surface area (Å²) in [6.45, 7) is 3.61. The van der Waals surface area contributed by atoms with Crippen LogP contribution in [0, 0.1) is 0 Å². The van der Waals surface area contributed by atoms with Crippen molar-refractivity contribution in [2.75, 3.05) is 12.8 Å². The molecule has 1 aromatic carbocycles. The summed E-state index contributed by atoms with van der Waals surface area (Å²) in [5.41, 5.74) is 7.23. The molecule has 0 unspecified atom stereocenters. The van der Waals surface area contributed by atoms with Crippen LogP contribution in [0.1, 0.15) is 15.9 Å². The van der Waals surface area contributed by atoms with Crippen molar-refractivity contribution >= 4 is 33.7 Å². The highest BCUT2D eigenvalue weighted by Gasteiger charge is 2.12. The lowest BCUT2D eigenvalue weighted by Crippen LogP contribution is -2.06. The van der Waals surface area contributed by atoms with Gasteiger partial charge < -0.3 is 10.5 Å². The summed E-state index contributed by atoms with van der Waals surface area (Å²) in [4.78, 5) is 11.3. The van der Waals surface area contributed by atoms with Gasteiger partial charge in [-0.2, -0.15) is 0 Å². The average Bonchev–Trinajstić information content (AvgIpc) is 2.20. The van der Waals surface area contributed by atoms with Gasteiger partial charge in [-0.05, 0) is 33.6 Å². The molecule has 0 aliphatic carbocycles. The third kappa shape index (κ3) is 1.96. The van der Waals surface area contributed by atoms with Crippen molar-refractivity contribution in [3.05, 3.63) is 34.3 Å². The number of halogens is 1. The molecule has 14 heavy (non-hydrogen) atoms. The van der Waals surface area contributed by atoms with Crippen molar-refractivity contribution in [1.29, 1.82) is 0 Å². The monoisotopic (exact) mass is 255 g/mol. The molecule has 74 valence electrons. The Balaban J connectivity index is 3.33. The summed E-state index contributed by atoms with van der Waals surface area (Å²) in [5.74, 6) is -0.452. The number of hydrogen-bond donors (Lipinski definition) is 1. The van der Waals surface area contributed by atoms with Crippen LogP contribution in [0.4, 0.5) is 5.69 Å². The molecule has 3 nitrogen and oxygen atoms in total. The second-order valence-corrected chi connectivity index (χ2v) is 3.51. The molecule has 0 aliphatic heterocycles. The van der Waals surface area contributed by atoms with E-state index in [0.29, 0.717) is 15.7 Å². The SMILES string of the molecule is C=Cc1cc(Br)c(N)c(C(=O)OC)c1. The van der Waals surface area contributed by atoms with Crippen molar-refractivity contribution in [2.24, 2.45) is 0 Å². The van der Waals surface area contributed by atoms with Gasteiger partial charge in [0, 0.05) is 4.47 Å². The zero-order valence-electron chi connectivity index (χ0n) is 7.71. The van der Waals surface area contributed by atoms with Gasteiger partial charge in [-0.1, -0.05) is 12.7 Å². The molecule has 0 heterocycles. The van der Waals surface area contributed by atoms with Gasteiger partial charge in [0.1, 0.15) is 0 Å². The van der Waals surface area contributed by atoms with Gasteiger partial charge >= 0.3 is 5.97 Å². The molecule has 0 amide bonds. The maximum Gasteiger partial charge on any atom is 0.340 e. The van der Waals surface area contributed by atoms with Gasteiger partial charge in [-0.25, -0.2) is 4.79 Å². The number of carbonyl (C=O) groups is 1. The average molecular weight is 256 g/mol. The molecule has 0 aliphatic rings. The number of esters is 1. The molecule has 0 bridgehead atoms. The minimum absolute atomic E-state index is 0.344. The zero-order valence-corrected chi connectivity index (χ0v) is 9.30. The predicted molar refractivity (Wildman–Crippen MR) is 60.0 cm³/mol. The fourth-order valence-corrected chi connectivity index (χ4v) is 1.51. The number of rotatable bonds is 2. The maximum absolute atomic E-state index is 11.3. The Morgan fingerprint density at radius 2 is 2.29 bits per heavy atom. The second-order valence-electron chi connectivity index (χ2n) is 2.66. The lowest BCUT2D eigenvalue weighted by Gasteiger charge is -2.07. The first-order valence-corrected chi connectivity index (χ1v) is 4.69. The standard InChI is InChI=1S/C10H10BrNO2/c1-3-6-4-7(10(13)14-2)9(12)8(11)5-6/h3-5H,1,12H2,2H3. The van der Waals surface area contributed by atoms with Crippen LogP contribution in [-0.4, -0.2) is 13.1 Å². The largest absolute Gasteiger partial charge is 0.465 e. The fourth-order valence-electron chi connectivity index (χ4n) is 1.04. The molecule has 1 aromatic rings. The van der Waals surface area contributed by atoms with Crippen LogP contribution in [-0.2, 0) is 4.74 Å². The zero-order chi connectivity index (χ0) is 10.7. The van der Waals surface area contributed by atoms with E-state index >= 15 is 0 Å². The Hall–Kier alpha value is -1.29. The van der Waals surface area contributed by atoms with Crippen LogP contribution >= 0.6 is 15.9 Å². The van der Waals surface area contributed by atoms with E-state index in [4.69, 9.17) is 5.73 Å².